The van der Waals surface area contributed by atoms with E-state index in [4.69, 9.17) is 16.3 Å². The van der Waals surface area contributed by atoms with Crippen LogP contribution in [0.25, 0.3) is 0 Å². The maximum absolute atomic E-state index is 6.36. The van der Waals surface area contributed by atoms with Crippen molar-refractivity contribution in [3.05, 3.63) is 28.8 Å². The molecule has 0 amide bonds. The zero-order chi connectivity index (χ0) is 12.6. The molecule has 2 unspecified atom stereocenters. The Morgan fingerprint density at radius 2 is 2.33 bits per heavy atom. The molecule has 98 valence electrons. The molecule has 1 aromatic carbocycles. The number of ether oxygens (including phenoxy) is 1. The fourth-order valence-electron chi connectivity index (χ4n) is 3.55. The molecule has 2 nitrogen and oxygen atoms in total. The van der Waals surface area contributed by atoms with Gasteiger partial charge in [0, 0.05) is 23.9 Å². The maximum atomic E-state index is 6.36. The Bertz CT molecular complexity index is 446. The zero-order valence-electron chi connectivity index (χ0n) is 10.8. The lowest BCUT2D eigenvalue weighted by atomic mass is 9.73. The number of fused-ring (bicyclic) bond motifs is 1. The fourth-order valence-corrected chi connectivity index (χ4v) is 3.74. The van der Waals surface area contributed by atoms with Crippen molar-refractivity contribution in [1.82, 2.24) is 5.32 Å². The third kappa shape index (κ3) is 2.02. The van der Waals surface area contributed by atoms with Crippen molar-refractivity contribution in [2.75, 3.05) is 13.6 Å². The molecule has 1 fully saturated rings. The van der Waals surface area contributed by atoms with Gasteiger partial charge in [0.1, 0.15) is 11.4 Å². The van der Waals surface area contributed by atoms with Crippen molar-refractivity contribution in [2.24, 2.45) is 5.92 Å². The smallest absolute Gasteiger partial charge is 0.123 e. The van der Waals surface area contributed by atoms with Gasteiger partial charge in [-0.2, -0.15) is 0 Å². The Morgan fingerprint density at radius 3 is 3.17 bits per heavy atom. The van der Waals surface area contributed by atoms with E-state index in [2.05, 4.69) is 11.4 Å². The van der Waals surface area contributed by atoms with Gasteiger partial charge < -0.3 is 10.1 Å². The van der Waals surface area contributed by atoms with Gasteiger partial charge in [-0.25, -0.2) is 0 Å². The number of nitrogens with one attached hydrogen (secondary N) is 1. The molecule has 18 heavy (non-hydrogen) atoms. The molecule has 1 aromatic rings. The first-order valence-corrected chi connectivity index (χ1v) is 7.23. The first-order valence-electron chi connectivity index (χ1n) is 6.85. The van der Waals surface area contributed by atoms with Gasteiger partial charge in [0.15, 0.2) is 0 Å². The molecule has 0 bridgehead atoms. The predicted octanol–water partition coefficient (Wildman–Crippen LogP) is 3.42. The Morgan fingerprint density at radius 1 is 1.44 bits per heavy atom. The van der Waals surface area contributed by atoms with Crippen molar-refractivity contribution >= 4 is 11.6 Å². The monoisotopic (exact) mass is 265 g/mol. The summed E-state index contributed by atoms with van der Waals surface area (Å²) in [4.78, 5) is 0. The predicted molar refractivity (Wildman–Crippen MR) is 74.4 cm³/mol. The standard InChI is InChI=1S/C15H20ClNO/c1-17-10-12-4-2-3-7-15(12)9-11-8-13(16)5-6-14(11)18-15/h5-6,8,12,17H,2-4,7,9-10H2,1H3. The van der Waals surface area contributed by atoms with Crippen LogP contribution in [-0.4, -0.2) is 19.2 Å². The zero-order valence-corrected chi connectivity index (χ0v) is 11.6. The van der Waals surface area contributed by atoms with Crippen LogP contribution in [0.2, 0.25) is 5.02 Å². The summed E-state index contributed by atoms with van der Waals surface area (Å²) >= 11 is 6.08. The summed E-state index contributed by atoms with van der Waals surface area (Å²) in [6, 6.07) is 6.02. The van der Waals surface area contributed by atoms with Crippen LogP contribution >= 0.6 is 11.6 Å². The second kappa shape index (κ2) is 4.75. The van der Waals surface area contributed by atoms with Crippen LogP contribution in [0.3, 0.4) is 0 Å². The van der Waals surface area contributed by atoms with E-state index in [-0.39, 0.29) is 5.60 Å². The minimum absolute atomic E-state index is 0.0221. The molecule has 0 radical (unpaired) electrons. The summed E-state index contributed by atoms with van der Waals surface area (Å²) in [5, 5.41) is 4.14. The van der Waals surface area contributed by atoms with E-state index < -0.39 is 0 Å². The number of rotatable bonds is 2. The Hall–Kier alpha value is -0.730. The van der Waals surface area contributed by atoms with E-state index in [9.17, 15) is 0 Å². The van der Waals surface area contributed by atoms with E-state index in [1.54, 1.807) is 0 Å². The van der Waals surface area contributed by atoms with Crippen molar-refractivity contribution in [3.63, 3.8) is 0 Å². The van der Waals surface area contributed by atoms with Crippen LogP contribution in [0.4, 0.5) is 0 Å². The molecular weight excluding hydrogens is 246 g/mol. The van der Waals surface area contributed by atoms with Gasteiger partial charge in [-0.05, 0) is 50.1 Å². The van der Waals surface area contributed by atoms with Crippen LogP contribution in [0.1, 0.15) is 31.2 Å². The van der Waals surface area contributed by atoms with E-state index >= 15 is 0 Å². The molecular formula is C15H20ClNO. The summed E-state index contributed by atoms with van der Waals surface area (Å²) in [5.41, 5.74) is 1.30. The summed E-state index contributed by atoms with van der Waals surface area (Å²) in [6.07, 6.45) is 6.07. The van der Waals surface area contributed by atoms with Gasteiger partial charge in [-0.15, -0.1) is 0 Å². The van der Waals surface area contributed by atoms with Gasteiger partial charge in [-0.1, -0.05) is 18.0 Å². The molecule has 1 heterocycles. The highest BCUT2D eigenvalue weighted by Crippen LogP contribution is 2.46. The molecule has 3 rings (SSSR count). The van der Waals surface area contributed by atoms with E-state index in [1.165, 1.54) is 31.2 Å². The van der Waals surface area contributed by atoms with Crippen LogP contribution in [0.15, 0.2) is 18.2 Å². The molecule has 0 saturated heterocycles. The minimum atomic E-state index is 0.0221. The highest BCUT2D eigenvalue weighted by atomic mass is 35.5. The second-order valence-corrected chi connectivity index (χ2v) is 6.03. The molecule has 0 aromatic heterocycles. The van der Waals surface area contributed by atoms with Crippen molar-refractivity contribution in [1.29, 1.82) is 0 Å². The van der Waals surface area contributed by atoms with Gasteiger partial charge in [0.25, 0.3) is 0 Å². The summed E-state index contributed by atoms with van der Waals surface area (Å²) in [7, 11) is 2.03. The number of hydrogen-bond donors (Lipinski definition) is 1. The van der Waals surface area contributed by atoms with Crippen LogP contribution in [-0.2, 0) is 6.42 Å². The first-order chi connectivity index (χ1) is 8.73. The minimum Gasteiger partial charge on any atom is -0.486 e. The normalized spacial score (nSPS) is 30.2. The topological polar surface area (TPSA) is 21.3 Å². The highest BCUT2D eigenvalue weighted by molar-refractivity contribution is 6.30. The Labute approximate surface area is 114 Å². The third-order valence-electron chi connectivity index (χ3n) is 4.42. The molecule has 1 saturated carbocycles. The molecule has 2 atom stereocenters. The molecule has 1 aliphatic heterocycles. The van der Waals surface area contributed by atoms with Crippen LogP contribution in [0.5, 0.6) is 5.75 Å². The van der Waals surface area contributed by atoms with E-state index in [0.29, 0.717) is 5.92 Å². The summed E-state index contributed by atoms with van der Waals surface area (Å²) in [5.74, 6) is 1.66. The highest BCUT2D eigenvalue weighted by Gasteiger charge is 2.46. The average Bonchev–Trinajstić information content (AvgIpc) is 2.70. The van der Waals surface area contributed by atoms with Crippen LogP contribution in [0, 0.1) is 5.92 Å². The molecule has 1 N–H and O–H groups in total. The van der Waals surface area contributed by atoms with Crippen LogP contribution < -0.4 is 10.1 Å². The van der Waals surface area contributed by atoms with Gasteiger partial charge >= 0.3 is 0 Å². The number of halogens is 1. The van der Waals surface area contributed by atoms with Crippen molar-refractivity contribution < 1.29 is 4.74 Å². The van der Waals surface area contributed by atoms with Gasteiger partial charge in [-0.3, -0.25) is 0 Å². The molecule has 2 aliphatic rings. The largest absolute Gasteiger partial charge is 0.486 e. The molecule has 1 spiro atoms. The average molecular weight is 266 g/mol. The lowest BCUT2D eigenvalue weighted by molar-refractivity contribution is -0.00381. The fraction of sp³-hybridized carbons (Fsp3) is 0.600. The lowest BCUT2D eigenvalue weighted by Gasteiger charge is -2.40. The van der Waals surface area contributed by atoms with E-state index in [0.717, 1.165) is 23.7 Å². The molecule has 1 aliphatic carbocycles. The quantitative estimate of drug-likeness (QED) is 0.885. The lowest BCUT2D eigenvalue weighted by Crippen LogP contribution is -2.48. The third-order valence-corrected chi connectivity index (χ3v) is 4.66. The molecule has 3 heteroatoms. The maximum Gasteiger partial charge on any atom is 0.123 e. The number of hydrogen-bond acceptors (Lipinski definition) is 2. The van der Waals surface area contributed by atoms with Gasteiger partial charge in [0.05, 0.1) is 0 Å². The first kappa shape index (κ1) is 12.3. The summed E-state index contributed by atoms with van der Waals surface area (Å²) < 4.78 is 6.36. The summed E-state index contributed by atoms with van der Waals surface area (Å²) in [6.45, 7) is 1.04. The Kier molecular flexibility index (Phi) is 3.25. The SMILES string of the molecule is CNCC1CCCCC12Cc1cc(Cl)ccc1O2. The Balaban J connectivity index is 1.88. The van der Waals surface area contributed by atoms with Gasteiger partial charge in [0.2, 0.25) is 0 Å². The van der Waals surface area contributed by atoms with Crippen molar-refractivity contribution in [2.45, 2.75) is 37.7 Å². The van der Waals surface area contributed by atoms with E-state index in [1.807, 2.05) is 19.2 Å². The second-order valence-electron chi connectivity index (χ2n) is 5.60. The van der Waals surface area contributed by atoms with Crippen molar-refractivity contribution in [3.8, 4) is 5.75 Å². The number of benzene rings is 1.